The summed E-state index contributed by atoms with van der Waals surface area (Å²) in [5, 5.41) is 4.93. The zero-order valence-electron chi connectivity index (χ0n) is 16.2. The molecule has 0 N–H and O–H groups in total. The van der Waals surface area contributed by atoms with Crippen molar-refractivity contribution < 1.29 is 9.47 Å². The topological polar surface area (TPSA) is 36.3 Å². The summed E-state index contributed by atoms with van der Waals surface area (Å²) in [4.78, 5) is 0. The molecule has 0 aliphatic heterocycles. The van der Waals surface area contributed by atoms with Crippen molar-refractivity contribution in [1.82, 2.24) is 9.78 Å². The molecule has 0 spiro atoms. The normalized spacial score (nSPS) is 10.7. The molecule has 1 aromatic heterocycles. The standard InChI is InChI=1S/C24H22N2O2/c1-17-9-8-10-18(15-17)26-22(20-12-5-7-14-24(20)28-3)16-21(25-26)19-11-4-6-13-23(19)27-2/h4-16H,1-3H3. The van der Waals surface area contributed by atoms with Crippen molar-refractivity contribution >= 4 is 0 Å². The molecule has 140 valence electrons. The average molecular weight is 370 g/mol. The van der Waals surface area contributed by atoms with Gasteiger partial charge < -0.3 is 9.47 Å². The van der Waals surface area contributed by atoms with Gasteiger partial charge in [-0.15, -0.1) is 0 Å². The lowest BCUT2D eigenvalue weighted by molar-refractivity contribution is 0.416. The van der Waals surface area contributed by atoms with Gasteiger partial charge in [-0.2, -0.15) is 5.10 Å². The smallest absolute Gasteiger partial charge is 0.128 e. The number of hydrogen-bond donors (Lipinski definition) is 0. The molecule has 0 amide bonds. The zero-order valence-corrected chi connectivity index (χ0v) is 16.2. The number of para-hydroxylation sites is 2. The second-order valence-electron chi connectivity index (χ2n) is 6.57. The van der Waals surface area contributed by atoms with E-state index in [2.05, 4.69) is 31.2 Å². The van der Waals surface area contributed by atoms with Crippen LogP contribution < -0.4 is 9.47 Å². The molecule has 4 aromatic rings. The van der Waals surface area contributed by atoms with E-state index in [9.17, 15) is 0 Å². The van der Waals surface area contributed by atoms with E-state index < -0.39 is 0 Å². The second-order valence-corrected chi connectivity index (χ2v) is 6.57. The Morgan fingerprint density at radius 1 is 0.714 bits per heavy atom. The van der Waals surface area contributed by atoms with Gasteiger partial charge in [-0.3, -0.25) is 0 Å². The summed E-state index contributed by atoms with van der Waals surface area (Å²) in [5.74, 6) is 1.60. The van der Waals surface area contributed by atoms with Crippen molar-refractivity contribution in [2.24, 2.45) is 0 Å². The molecule has 4 heteroatoms. The van der Waals surface area contributed by atoms with Crippen molar-refractivity contribution in [3.05, 3.63) is 84.4 Å². The maximum absolute atomic E-state index is 5.61. The Hall–Kier alpha value is -3.53. The van der Waals surface area contributed by atoms with Gasteiger partial charge in [0.05, 0.1) is 31.3 Å². The van der Waals surface area contributed by atoms with E-state index in [1.807, 2.05) is 59.3 Å². The van der Waals surface area contributed by atoms with Gasteiger partial charge in [-0.05, 0) is 55.0 Å². The number of methoxy groups -OCH3 is 2. The quantitative estimate of drug-likeness (QED) is 0.463. The molecule has 0 aliphatic rings. The largest absolute Gasteiger partial charge is 0.496 e. The van der Waals surface area contributed by atoms with Crippen LogP contribution in [0.2, 0.25) is 0 Å². The van der Waals surface area contributed by atoms with E-state index in [1.165, 1.54) is 5.56 Å². The molecule has 0 bridgehead atoms. The summed E-state index contributed by atoms with van der Waals surface area (Å²) in [5.41, 5.74) is 5.93. The summed E-state index contributed by atoms with van der Waals surface area (Å²) in [6, 6.07) is 26.3. The number of benzene rings is 3. The molecule has 4 nitrogen and oxygen atoms in total. The Morgan fingerprint density at radius 2 is 1.36 bits per heavy atom. The maximum Gasteiger partial charge on any atom is 0.128 e. The first-order valence-electron chi connectivity index (χ1n) is 9.15. The lowest BCUT2D eigenvalue weighted by Crippen LogP contribution is -2.00. The highest BCUT2D eigenvalue weighted by Gasteiger charge is 2.18. The van der Waals surface area contributed by atoms with Crippen LogP contribution in [0.4, 0.5) is 0 Å². The number of aromatic nitrogens is 2. The SMILES string of the molecule is COc1ccccc1-c1cc(-c2ccccc2OC)n(-c2cccc(C)c2)n1. The van der Waals surface area contributed by atoms with E-state index >= 15 is 0 Å². The Bertz CT molecular complexity index is 1120. The van der Waals surface area contributed by atoms with E-state index in [4.69, 9.17) is 14.6 Å². The van der Waals surface area contributed by atoms with Gasteiger partial charge in [-0.25, -0.2) is 4.68 Å². The first-order valence-corrected chi connectivity index (χ1v) is 9.15. The number of hydrogen-bond acceptors (Lipinski definition) is 3. The molecule has 0 fully saturated rings. The molecular formula is C24H22N2O2. The van der Waals surface area contributed by atoms with Crippen molar-refractivity contribution in [3.8, 4) is 39.7 Å². The van der Waals surface area contributed by atoms with E-state index in [1.54, 1.807) is 14.2 Å². The van der Waals surface area contributed by atoms with Gasteiger partial charge in [0.1, 0.15) is 11.5 Å². The number of rotatable bonds is 5. The molecule has 0 saturated carbocycles. The van der Waals surface area contributed by atoms with Crippen molar-refractivity contribution in [2.75, 3.05) is 14.2 Å². The molecule has 4 rings (SSSR count). The lowest BCUT2D eigenvalue weighted by Gasteiger charge is -2.11. The number of aryl methyl sites for hydroxylation is 1. The number of ether oxygens (including phenoxy) is 2. The fourth-order valence-corrected chi connectivity index (χ4v) is 3.37. The molecular weight excluding hydrogens is 348 g/mol. The molecule has 1 heterocycles. The molecule has 3 aromatic carbocycles. The van der Waals surface area contributed by atoms with Crippen LogP contribution >= 0.6 is 0 Å². The van der Waals surface area contributed by atoms with E-state index in [0.717, 1.165) is 39.7 Å². The minimum atomic E-state index is 0.794. The molecule has 0 aliphatic carbocycles. The van der Waals surface area contributed by atoms with Crippen molar-refractivity contribution in [1.29, 1.82) is 0 Å². The van der Waals surface area contributed by atoms with Gasteiger partial charge in [0, 0.05) is 11.1 Å². The van der Waals surface area contributed by atoms with Crippen LogP contribution in [0.15, 0.2) is 78.9 Å². The van der Waals surface area contributed by atoms with Gasteiger partial charge in [0.15, 0.2) is 0 Å². The third kappa shape index (κ3) is 3.25. The lowest BCUT2D eigenvalue weighted by atomic mass is 10.1. The van der Waals surface area contributed by atoms with Crippen LogP contribution in [0.25, 0.3) is 28.2 Å². The van der Waals surface area contributed by atoms with Crippen molar-refractivity contribution in [3.63, 3.8) is 0 Å². The monoisotopic (exact) mass is 370 g/mol. The average Bonchev–Trinajstić information content (AvgIpc) is 3.18. The Kier molecular flexibility index (Phi) is 4.85. The summed E-state index contributed by atoms with van der Waals surface area (Å²) in [7, 11) is 3.37. The van der Waals surface area contributed by atoms with Crippen LogP contribution in [0.3, 0.4) is 0 Å². The summed E-state index contributed by atoms with van der Waals surface area (Å²) >= 11 is 0. The first kappa shape index (κ1) is 17.9. The van der Waals surface area contributed by atoms with Gasteiger partial charge in [-0.1, -0.05) is 36.4 Å². The highest BCUT2D eigenvalue weighted by Crippen LogP contribution is 2.36. The predicted molar refractivity (Wildman–Crippen MR) is 112 cm³/mol. The van der Waals surface area contributed by atoms with Crippen LogP contribution in [0, 0.1) is 6.92 Å². The first-order chi connectivity index (χ1) is 13.7. The van der Waals surface area contributed by atoms with E-state index in [0.29, 0.717) is 0 Å². The molecule has 0 atom stereocenters. The van der Waals surface area contributed by atoms with Gasteiger partial charge >= 0.3 is 0 Å². The minimum absolute atomic E-state index is 0.794. The van der Waals surface area contributed by atoms with Crippen LogP contribution in [0.1, 0.15) is 5.56 Å². The summed E-state index contributed by atoms with van der Waals surface area (Å²) < 4.78 is 13.1. The third-order valence-corrected chi connectivity index (χ3v) is 4.72. The van der Waals surface area contributed by atoms with Crippen LogP contribution in [0.5, 0.6) is 11.5 Å². The maximum atomic E-state index is 5.61. The molecule has 0 radical (unpaired) electrons. The Labute approximate surface area is 165 Å². The van der Waals surface area contributed by atoms with Crippen LogP contribution in [-0.4, -0.2) is 24.0 Å². The van der Waals surface area contributed by atoms with Gasteiger partial charge in [0.25, 0.3) is 0 Å². The van der Waals surface area contributed by atoms with Gasteiger partial charge in [0.2, 0.25) is 0 Å². The predicted octanol–water partition coefficient (Wildman–Crippen LogP) is 5.53. The third-order valence-electron chi connectivity index (χ3n) is 4.72. The Balaban J connectivity index is 1.97. The summed E-state index contributed by atoms with van der Waals surface area (Å²) in [6.45, 7) is 2.08. The second kappa shape index (κ2) is 7.61. The number of nitrogens with zero attached hydrogens (tertiary/aromatic N) is 2. The zero-order chi connectivity index (χ0) is 19.5. The van der Waals surface area contributed by atoms with E-state index in [-0.39, 0.29) is 0 Å². The fraction of sp³-hybridized carbons (Fsp3) is 0.125. The minimum Gasteiger partial charge on any atom is -0.496 e. The van der Waals surface area contributed by atoms with Crippen LogP contribution in [-0.2, 0) is 0 Å². The highest BCUT2D eigenvalue weighted by atomic mass is 16.5. The molecule has 28 heavy (non-hydrogen) atoms. The van der Waals surface area contributed by atoms with Crippen molar-refractivity contribution in [2.45, 2.75) is 6.92 Å². The molecule has 0 saturated heterocycles. The fourth-order valence-electron chi connectivity index (χ4n) is 3.37. The highest BCUT2D eigenvalue weighted by molar-refractivity contribution is 5.76. The molecule has 0 unspecified atom stereocenters. The summed E-state index contributed by atoms with van der Waals surface area (Å²) in [6.07, 6.45) is 0. The Morgan fingerprint density at radius 3 is 2.04 bits per heavy atom.